The van der Waals surface area contributed by atoms with Crippen LogP contribution in [0.5, 0.6) is 0 Å². The van der Waals surface area contributed by atoms with E-state index in [4.69, 9.17) is 0 Å². The van der Waals surface area contributed by atoms with E-state index in [1.807, 2.05) is 19.5 Å². The Bertz CT molecular complexity index is 615. The lowest BCUT2D eigenvalue weighted by molar-refractivity contribution is 0.601. The van der Waals surface area contributed by atoms with Gasteiger partial charge in [-0.05, 0) is 24.6 Å². The molecule has 7 heteroatoms. The van der Waals surface area contributed by atoms with Crippen molar-refractivity contribution in [3.05, 3.63) is 34.8 Å². The van der Waals surface area contributed by atoms with E-state index < -0.39 is 10.0 Å². The van der Waals surface area contributed by atoms with Crippen molar-refractivity contribution in [2.75, 3.05) is 11.8 Å². The van der Waals surface area contributed by atoms with Gasteiger partial charge in [0.1, 0.15) is 4.90 Å². The molecule has 0 aliphatic rings. The maximum atomic E-state index is 12.1. The van der Waals surface area contributed by atoms with Gasteiger partial charge in [-0.25, -0.2) is 8.42 Å². The Morgan fingerprint density at radius 1 is 1.44 bits per heavy atom. The number of nitrogens with one attached hydrogen (secondary N) is 2. The third-order valence-electron chi connectivity index (χ3n) is 2.52. The van der Waals surface area contributed by atoms with Gasteiger partial charge in [0.2, 0.25) is 0 Å². The molecule has 0 radical (unpaired) electrons. The van der Waals surface area contributed by atoms with Gasteiger partial charge in [-0.2, -0.15) is 11.3 Å². The maximum Gasteiger partial charge on any atom is 0.263 e. The molecule has 0 amide bonds. The molecule has 2 rings (SSSR count). The first-order valence-corrected chi connectivity index (χ1v) is 7.80. The summed E-state index contributed by atoms with van der Waals surface area (Å²) in [5, 5.41) is 6.59. The molecule has 0 aromatic carbocycles. The minimum absolute atomic E-state index is 0.279. The molecule has 0 saturated carbocycles. The highest BCUT2D eigenvalue weighted by Crippen LogP contribution is 2.19. The fraction of sp³-hybridized carbons (Fsp3) is 0.273. The predicted molar refractivity (Wildman–Crippen MR) is 73.3 cm³/mol. The van der Waals surface area contributed by atoms with Gasteiger partial charge in [-0.3, -0.25) is 4.72 Å². The molecule has 2 aromatic rings. The Morgan fingerprint density at radius 3 is 2.83 bits per heavy atom. The SMILES string of the molecule is CNCc1cc(S(=O)(=O)Nc2ccsc2)cn1C. The summed E-state index contributed by atoms with van der Waals surface area (Å²) < 4.78 is 28.6. The third kappa shape index (κ3) is 2.74. The summed E-state index contributed by atoms with van der Waals surface area (Å²) in [5.41, 5.74) is 1.52. The number of thiophene rings is 1. The molecule has 5 nitrogen and oxygen atoms in total. The van der Waals surface area contributed by atoms with Gasteiger partial charge in [0.25, 0.3) is 10.0 Å². The quantitative estimate of drug-likeness (QED) is 0.877. The summed E-state index contributed by atoms with van der Waals surface area (Å²) in [6.45, 7) is 0.629. The smallest absolute Gasteiger partial charge is 0.263 e. The lowest BCUT2D eigenvalue weighted by Crippen LogP contribution is -2.11. The number of aromatic nitrogens is 1. The van der Waals surface area contributed by atoms with Crippen LogP contribution in [0.1, 0.15) is 5.69 Å². The molecule has 0 bridgehead atoms. The topological polar surface area (TPSA) is 63.1 Å². The first kappa shape index (κ1) is 13.1. The normalized spacial score (nSPS) is 11.7. The van der Waals surface area contributed by atoms with Gasteiger partial charge in [-0.1, -0.05) is 0 Å². The van der Waals surface area contributed by atoms with Crippen molar-refractivity contribution in [3.63, 3.8) is 0 Å². The van der Waals surface area contributed by atoms with E-state index in [-0.39, 0.29) is 4.90 Å². The molecule has 0 aliphatic carbocycles. The zero-order valence-electron chi connectivity index (χ0n) is 10.2. The maximum absolute atomic E-state index is 12.1. The summed E-state index contributed by atoms with van der Waals surface area (Å²) >= 11 is 1.45. The molecule has 0 atom stereocenters. The molecule has 0 spiro atoms. The number of hydrogen-bond acceptors (Lipinski definition) is 4. The molecule has 2 heterocycles. The summed E-state index contributed by atoms with van der Waals surface area (Å²) in [4.78, 5) is 0.279. The Hall–Kier alpha value is -1.31. The molecule has 2 aromatic heterocycles. The summed E-state index contributed by atoms with van der Waals surface area (Å²) in [5.74, 6) is 0. The van der Waals surface area contributed by atoms with Crippen molar-refractivity contribution < 1.29 is 8.42 Å². The van der Waals surface area contributed by atoms with E-state index in [1.165, 1.54) is 11.3 Å². The molecule has 0 aliphatic heterocycles. The molecular formula is C11H15N3O2S2. The second kappa shape index (κ2) is 5.13. The van der Waals surface area contributed by atoms with Crippen LogP contribution < -0.4 is 10.0 Å². The van der Waals surface area contributed by atoms with Gasteiger partial charge in [0, 0.05) is 30.9 Å². The van der Waals surface area contributed by atoms with Gasteiger partial charge in [0.15, 0.2) is 0 Å². The molecule has 18 heavy (non-hydrogen) atoms. The molecule has 0 unspecified atom stereocenters. The van der Waals surface area contributed by atoms with E-state index in [2.05, 4.69) is 10.0 Å². The van der Waals surface area contributed by atoms with E-state index in [0.29, 0.717) is 12.2 Å². The number of sulfonamides is 1. The third-order valence-corrected chi connectivity index (χ3v) is 4.56. The van der Waals surface area contributed by atoms with Crippen LogP contribution in [-0.4, -0.2) is 20.0 Å². The Morgan fingerprint density at radius 2 is 2.22 bits per heavy atom. The zero-order valence-corrected chi connectivity index (χ0v) is 11.8. The molecule has 98 valence electrons. The van der Waals surface area contributed by atoms with Gasteiger partial charge in [-0.15, -0.1) is 0 Å². The van der Waals surface area contributed by atoms with Crippen LogP contribution in [0.3, 0.4) is 0 Å². The van der Waals surface area contributed by atoms with Crippen LogP contribution in [0.4, 0.5) is 5.69 Å². The number of aryl methyl sites for hydroxylation is 1. The highest BCUT2D eigenvalue weighted by Gasteiger charge is 2.17. The van der Waals surface area contributed by atoms with Crippen molar-refractivity contribution in [2.24, 2.45) is 7.05 Å². The van der Waals surface area contributed by atoms with Crippen LogP contribution in [0.2, 0.25) is 0 Å². The number of rotatable bonds is 5. The molecule has 0 saturated heterocycles. The fourth-order valence-corrected chi connectivity index (χ4v) is 3.42. The second-order valence-electron chi connectivity index (χ2n) is 3.93. The van der Waals surface area contributed by atoms with Crippen LogP contribution in [0.25, 0.3) is 0 Å². The van der Waals surface area contributed by atoms with Crippen molar-refractivity contribution in [2.45, 2.75) is 11.4 Å². The minimum atomic E-state index is -3.50. The highest BCUT2D eigenvalue weighted by molar-refractivity contribution is 7.92. The van der Waals surface area contributed by atoms with Gasteiger partial charge >= 0.3 is 0 Å². The lowest BCUT2D eigenvalue weighted by Gasteiger charge is -2.03. The van der Waals surface area contributed by atoms with Crippen LogP contribution in [0, 0.1) is 0 Å². The van der Waals surface area contributed by atoms with E-state index in [1.54, 1.807) is 28.3 Å². The standard InChI is InChI=1S/C11H15N3O2S2/c1-12-6-10-5-11(7-14(10)2)18(15,16)13-9-3-4-17-8-9/h3-5,7-8,12-13H,6H2,1-2H3. The predicted octanol–water partition coefficient (Wildman–Crippen LogP) is 1.61. The summed E-state index contributed by atoms with van der Waals surface area (Å²) in [7, 11) is 0.159. The second-order valence-corrected chi connectivity index (χ2v) is 6.39. The average molecular weight is 285 g/mol. The minimum Gasteiger partial charge on any atom is -0.352 e. The first-order valence-electron chi connectivity index (χ1n) is 5.38. The largest absolute Gasteiger partial charge is 0.352 e. The van der Waals surface area contributed by atoms with E-state index in [9.17, 15) is 8.42 Å². The van der Waals surface area contributed by atoms with Gasteiger partial charge < -0.3 is 9.88 Å². The number of nitrogens with zero attached hydrogens (tertiary/aromatic N) is 1. The molecule has 2 N–H and O–H groups in total. The Kier molecular flexibility index (Phi) is 3.74. The van der Waals surface area contributed by atoms with Crippen molar-refractivity contribution >= 4 is 27.0 Å². The van der Waals surface area contributed by atoms with Crippen molar-refractivity contribution in [1.29, 1.82) is 0 Å². The summed E-state index contributed by atoms with van der Waals surface area (Å²) in [6.07, 6.45) is 1.61. The van der Waals surface area contributed by atoms with Crippen LogP contribution in [-0.2, 0) is 23.6 Å². The first-order chi connectivity index (χ1) is 8.53. The zero-order chi connectivity index (χ0) is 13.2. The van der Waals surface area contributed by atoms with Crippen LogP contribution >= 0.6 is 11.3 Å². The van der Waals surface area contributed by atoms with Gasteiger partial charge in [0.05, 0.1) is 5.69 Å². The fourth-order valence-electron chi connectivity index (χ4n) is 1.62. The molecule has 0 fully saturated rings. The highest BCUT2D eigenvalue weighted by atomic mass is 32.2. The van der Waals surface area contributed by atoms with Crippen molar-refractivity contribution in [1.82, 2.24) is 9.88 Å². The molecular weight excluding hydrogens is 270 g/mol. The van der Waals surface area contributed by atoms with E-state index in [0.717, 1.165) is 5.69 Å². The number of hydrogen-bond donors (Lipinski definition) is 2. The monoisotopic (exact) mass is 285 g/mol. The Labute approximate surface area is 111 Å². The summed E-state index contributed by atoms with van der Waals surface area (Å²) in [6, 6.07) is 3.41. The Balaban J connectivity index is 2.27. The average Bonchev–Trinajstić information content (AvgIpc) is 2.90. The number of anilines is 1. The van der Waals surface area contributed by atoms with E-state index >= 15 is 0 Å². The van der Waals surface area contributed by atoms with Crippen molar-refractivity contribution in [3.8, 4) is 0 Å². The van der Waals surface area contributed by atoms with Crippen LogP contribution in [0.15, 0.2) is 34.0 Å². The lowest BCUT2D eigenvalue weighted by atomic mass is 10.4.